The van der Waals surface area contributed by atoms with Gasteiger partial charge >= 0.3 is 0 Å². The van der Waals surface area contributed by atoms with Crippen molar-refractivity contribution in [1.29, 1.82) is 0 Å². The number of nitrogens with zero attached hydrogens (tertiary/aromatic N) is 2. The van der Waals surface area contributed by atoms with Gasteiger partial charge in [-0.2, -0.15) is 4.31 Å². The third-order valence-electron chi connectivity index (χ3n) is 3.69. The molecule has 2 rings (SSSR count). The number of benzene rings is 1. The molecule has 0 saturated carbocycles. The standard InChI is InChI=1S/C15H21N3O3S/c1-3-15(19)16-12-13-6-4-5-7-14(13)22(20,21)18-10-8-17(2)9-11-18/h3-7H,1,8-12H2,2H3,(H,16,19). The Morgan fingerprint density at radius 3 is 2.55 bits per heavy atom. The van der Waals surface area contributed by atoms with Crippen LogP contribution in [0.4, 0.5) is 0 Å². The highest BCUT2D eigenvalue weighted by Crippen LogP contribution is 2.21. The molecule has 0 aromatic heterocycles. The van der Waals surface area contributed by atoms with Gasteiger partial charge in [0, 0.05) is 32.7 Å². The predicted octanol–water partition coefficient (Wildman–Crippen LogP) is 0.425. The van der Waals surface area contributed by atoms with Crippen LogP contribution in [0.3, 0.4) is 0 Å². The number of sulfonamides is 1. The summed E-state index contributed by atoms with van der Waals surface area (Å²) in [7, 11) is -1.57. The van der Waals surface area contributed by atoms with Gasteiger partial charge in [0.2, 0.25) is 15.9 Å². The molecule has 22 heavy (non-hydrogen) atoms. The molecule has 0 atom stereocenters. The van der Waals surface area contributed by atoms with Crippen molar-refractivity contribution in [3.63, 3.8) is 0 Å². The van der Waals surface area contributed by atoms with Crippen molar-refractivity contribution in [2.45, 2.75) is 11.4 Å². The molecule has 1 aliphatic rings. The second-order valence-electron chi connectivity index (χ2n) is 5.24. The van der Waals surface area contributed by atoms with Crippen LogP contribution in [0.15, 0.2) is 41.8 Å². The quantitative estimate of drug-likeness (QED) is 0.798. The van der Waals surface area contributed by atoms with E-state index in [-0.39, 0.29) is 17.3 Å². The van der Waals surface area contributed by atoms with E-state index in [4.69, 9.17) is 0 Å². The van der Waals surface area contributed by atoms with E-state index in [9.17, 15) is 13.2 Å². The first-order valence-corrected chi connectivity index (χ1v) is 8.56. The van der Waals surface area contributed by atoms with Gasteiger partial charge in [-0.1, -0.05) is 24.8 Å². The predicted molar refractivity (Wildman–Crippen MR) is 84.7 cm³/mol. The number of likely N-dealkylation sites (N-methyl/N-ethyl adjacent to an activating group) is 1. The van der Waals surface area contributed by atoms with Crippen molar-refractivity contribution in [2.24, 2.45) is 0 Å². The van der Waals surface area contributed by atoms with Crippen LogP contribution in [0.5, 0.6) is 0 Å². The molecule has 120 valence electrons. The number of hydrogen-bond acceptors (Lipinski definition) is 4. The fourth-order valence-electron chi connectivity index (χ4n) is 2.32. The largest absolute Gasteiger partial charge is 0.348 e. The third-order valence-corrected chi connectivity index (χ3v) is 5.69. The lowest BCUT2D eigenvalue weighted by atomic mass is 10.2. The van der Waals surface area contributed by atoms with Gasteiger partial charge in [-0.15, -0.1) is 0 Å². The summed E-state index contributed by atoms with van der Waals surface area (Å²) < 4.78 is 27.1. The Balaban J connectivity index is 2.23. The van der Waals surface area contributed by atoms with Crippen LogP contribution in [0.2, 0.25) is 0 Å². The Labute approximate surface area is 131 Å². The van der Waals surface area contributed by atoms with Crippen molar-refractivity contribution < 1.29 is 13.2 Å². The van der Waals surface area contributed by atoms with E-state index in [1.807, 2.05) is 7.05 Å². The lowest BCUT2D eigenvalue weighted by Crippen LogP contribution is -2.47. The lowest BCUT2D eigenvalue weighted by Gasteiger charge is -2.32. The van der Waals surface area contributed by atoms with Crippen molar-refractivity contribution in [2.75, 3.05) is 33.2 Å². The minimum absolute atomic E-state index is 0.161. The van der Waals surface area contributed by atoms with E-state index in [2.05, 4.69) is 16.8 Å². The Morgan fingerprint density at radius 1 is 1.27 bits per heavy atom. The van der Waals surface area contributed by atoms with Crippen LogP contribution in [0.25, 0.3) is 0 Å². The highest BCUT2D eigenvalue weighted by molar-refractivity contribution is 7.89. The molecular formula is C15H21N3O3S. The monoisotopic (exact) mass is 323 g/mol. The van der Waals surface area contributed by atoms with Gasteiger partial charge in [-0.3, -0.25) is 4.79 Å². The molecule has 0 spiro atoms. The van der Waals surface area contributed by atoms with Gasteiger partial charge in [0.05, 0.1) is 4.90 Å². The van der Waals surface area contributed by atoms with E-state index >= 15 is 0 Å². The zero-order valence-corrected chi connectivity index (χ0v) is 13.5. The molecule has 0 bridgehead atoms. The Bertz CT molecular complexity index is 650. The Morgan fingerprint density at radius 2 is 1.91 bits per heavy atom. The fourth-order valence-corrected chi connectivity index (χ4v) is 3.97. The summed E-state index contributed by atoms with van der Waals surface area (Å²) in [5.41, 5.74) is 0.580. The number of amides is 1. The zero-order valence-electron chi connectivity index (χ0n) is 12.7. The number of piperazine rings is 1. The Hall–Kier alpha value is -1.70. The summed E-state index contributed by atoms with van der Waals surface area (Å²) in [4.78, 5) is 13.6. The number of nitrogens with one attached hydrogen (secondary N) is 1. The summed E-state index contributed by atoms with van der Waals surface area (Å²) in [6, 6.07) is 6.76. The topological polar surface area (TPSA) is 69.7 Å². The lowest BCUT2D eigenvalue weighted by molar-refractivity contribution is -0.116. The SMILES string of the molecule is C=CC(=O)NCc1ccccc1S(=O)(=O)N1CCN(C)CC1. The highest BCUT2D eigenvalue weighted by atomic mass is 32.2. The molecule has 1 N–H and O–H groups in total. The molecule has 0 aliphatic carbocycles. The Kier molecular flexibility index (Phi) is 5.33. The molecule has 1 fully saturated rings. The minimum Gasteiger partial charge on any atom is -0.348 e. The first-order valence-electron chi connectivity index (χ1n) is 7.12. The maximum absolute atomic E-state index is 12.8. The van der Waals surface area contributed by atoms with E-state index in [1.54, 1.807) is 24.3 Å². The molecule has 0 unspecified atom stereocenters. The molecule has 1 saturated heterocycles. The summed E-state index contributed by atoms with van der Waals surface area (Å²) >= 11 is 0. The smallest absolute Gasteiger partial charge is 0.243 e. The average Bonchev–Trinajstić information content (AvgIpc) is 2.53. The van der Waals surface area contributed by atoms with Crippen LogP contribution < -0.4 is 5.32 Å². The first kappa shape index (κ1) is 16.7. The van der Waals surface area contributed by atoms with Gasteiger partial charge in [0.25, 0.3) is 0 Å². The molecule has 1 heterocycles. The first-order chi connectivity index (χ1) is 10.4. The van der Waals surface area contributed by atoms with Gasteiger partial charge in [-0.25, -0.2) is 8.42 Å². The molecule has 1 aromatic carbocycles. The van der Waals surface area contributed by atoms with Crippen LogP contribution in [-0.2, 0) is 21.4 Å². The van der Waals surface area contributed by atoms with E-state index in [1.165, 1.54) is 4.31 Å². The molecule has 1 aromatic rings. The van der Waals surface area contributed by atoms with E-state index in [0.717, 1.165) is 6.08 Å². The van der Waals surface area contributed by atoms with Crippen molar-refractivity contribution in [3.8, 4) is 0 Å². The summed E-state index contributed by atoms with van der Waals surface area (Å²) in [6.45, 7) is 5.93. The minimum atomic E-state index is -3.54. The van der Waals surface area contributed by atoms with Gasteiger partial charge in [0.15, 0.2) is 0 Å². The van der Waals surface area contributed by atoms with Crippen molar-refractivity contribution in [1.82, 2.24) is 14.5 Å². The van der Waals surface area contributed by atoms with E-state index in [0.29, 0.717) is 31.7 Å². The van der Waals surface area contributed by atoms with Crippen LogP contribution in [-0.4, -0.2) is 56.8 Å². The second kappa shape index (κ2) is 7.04. The van der Waals surface area contributed by atoms with Gasteiger partial charge < -0.3 is 10.2 Å². The number of hydrogen-bond donors (Lipinski definition) is 1. The van der Waals surface area contributed by atoms with Crippen molar-refractivity contribution >= 4 is 15.9 Å². The maximum Gasteiger partial charge on any atom is 0.243 e. The highest BCUT2D eigenvalue weighted by Gasteiger charge is 2.29. The second-order valence-corrected chi connectivity index (χ2v) is 7.14. The van der Waals surface area contributed by atoms with Crippen LogP contribution in [0.1, 0.15) is 5.56 Å². The molecule has 1 aliphatic heterocycles. The van der Waals surface area contributed by atoms with Gasteiger partial charge in [-0.05, 0) is 24.8 Å². The molecular weight excluding hydrogens is 302 g/mol. The molecule has 1 amide bonds. The number of carbonyl (C=O) groups excluding carboxylic acids is 1. The van der Waals surface area contributed by atoms with E-state index < -0.39 is 10.0 Å². The summed E-state index contributed by atoms with van der Waals surface area (Å²) in [6.07, 6.45) is 1.16. The summed E-state index contributed by atoms with van der Waals surface area (Å²) in [5.74, 6) is -0.327. The average molecular weight is 323 g/mol. The van der Waals surface area contributed by atoms with Gasteiger partial charge in [0.1, 0.15) is 0 Å². The zero-order chi connectivity index (χ0) is 16.2. The molecule has 6 nitrogen and oxygen atoms in total. The number of carbonyl (C=O) groups is 1. The fraction of sp³-hybridized carbons (Fsp3) is 0.400. The number of rotatable bonds is 5. The third kappa shape index (κ3) is 3.73. The van der Waals surface area contributed by atoms with Crippen LogP contribution in [0, 0.1) is 0 Å². The summed E-state index contributed by atoms with van der Waals surface area (Å²) in [5, 5.41) is 2.62. The molecule has 0 radical (unpaired) electrons. The maximum atomic E-state index is 12.8. The van der Waals surface area contributed by atoms with Crippen molar-refractivity contribution in [3.05, 3.63) is 42.5 Å². The van der Waals surface area contributed by atoms with Crippen LogP contribution >= 0.6 is 0 Å². The normalized spacial score (nSPS) is 17.1. The molecule has 7 heteroatoms.